The molecule has 1 aliphatic rings. The van der Waals surface area contributed by atoms with Crippen molar-refractivity contribution >= 4 is 0 Å². The number of nitrogens with zero attached hydrogens (tertiary/aromatic N) is 1. The Kier molecular flexibility index (Phi) is 5.35. The van der Waals surface area contributed by atoms with E-state index in [4.69, 9.17) is 5.73 Å². The molecule has 0 aliphatic carbocycles. The molecule has 1 fully saturated rings. The van der Waals surface area contributed by atoms with Gasteiger partial charge in [-0.1, -0.05) is 17.9 Å². The molecule has 0 amide bonds. The van der Waals surface area contributed by atoms with Crippen LogP contribution < -0.4 is 5.73 Å². The molecule has 114 valence electrons. The van der Waals surface area contributed by atoms with Crippen LogP contribution in [0.2, 0.25) is 0 Å². The second-order valence-corrected chi connectivity index (χ2v) is 5.93. The fourth-order valence-corrected chi connectivity index (χ4v) is 2.67. The first-order chi connectivity index (χ1) is 10.00. The molecule has 1 saturated heterocycles. The van der Waals surface area contributed by atoms with Crippen molar-refractivity contribution < 1.29 is 9.50 Å². The number of halogens is 1. The van der Waals surface area contributed by atoms with Crippen molar-refractivity contribution in [3.63, 3.8) is 0 Å². The van der Waals surface area contributed by atoms with Crippen LogP contribution in [-0.2, 0) is 6.54 Å². The van der Waals surface area contributed by atoms with Crippen LogP contribution in [0.25, 0.3) is 0 Å². The third kappa shape index (κ3) is 4.82. The molecule has 1 unspecified atom stereocenters. The Hall–Kier alpha value is -1.41. The highest BCUT2D eigenvalue weighted by molar-refractivity contribution is 5.41. The molecule has 1 heterocycles. The van der Waals surface area contributed by atoms with Crippen LogP contribution in [-0.4, -0.2) is 35.2 Å². The van der Waals surface area contributed by atoms with E-state index in [-0.39, 0.29) is 12.4 Å². The van der Waals surface area contributed by atoms with Crippen LogP contribution in [0, 0.1) is 17.7 Å². The largest absolute Gasteiger partial charge is 0.390 e. The predicted molar refractivity (Wildman–Crippen MR) is 82.1 cm³/mol. The van der Waals surface area contributed by atoms with Gasteiger partial charge in [0.1, 0.15) is 5.82 Å². The monoisotopic (exact) mass is 290 g/mol. The number of aliphatic hydroxyl groups is 1. The quantitative estimate of drug-likeness (QED) is 0.818. The van der Waals surface area contributed by atoms with Crippen molar-refractivity contribution in [2.75, 3.05) is 19.6 Å². The lowest BCUT2D eigenvalue weighted by atomic mass is 9.98. The second kappa shape index (κ2) is 7.04. The predicted octanol–water partition coefficient (Wildman–Crippen LogP) is 1.87. The Balaban J connectivity index is 2.12. The maximum atomic E-state index is 13.4. The highest BCUT2D eigenvalue weighted by Crippen LogP contribution is 2.23. The zero-order valence-electron chi connectivity index (χ0n) is 12.5. The minimum atomic E-state index is -0.570. The fraction of sp³-hybridized carbons (Fsp3) is 0.529. The number of likely N-dealkylation sites (tertiary alicyclic amines) is 1. The SMILES string of the molecule is CC1(O)CCCN(Cc2ccc(F)cc2C#CCN)CC1. The van der Waals surface area contributed by atoms with Crippen LogP contribution in [0.1, 0.15) is 37.3 Å². The molecule has 3 N–H and O–H groups in total. The van der Waals surface area contributed by atoms with Crippen molar-refractivity contribution in [1.82, 2.24) is 4.90 Å². The van der Waals surface area contributed by atoms with Crippen molar-refractivity contribution in [2.45, 2.75) is 38.3 Å². The number of hydrogen-bond acceptors (Lipinski definition) is 3. The lowest BCUT2D eigenvalue weighted by Gasteiger charge is -2.22. The van der Waals surface area contributed by atoms with Crippen molar-refractivity contribution in [3.8, 4) is 11.8 Å². The minimum absolute atomic E-state index is 0.266. The van der Waals surface area contributed by atoms with E-state index in [1.165, 1.54) is 12.1 Å². The van der Waals surface area contributed by atoms with E-state index in [2.05, 4.69) is 16.7 Å². The summed E-state index contributed by atoms with van der Waals surface area (Å²) in [5, 5.41) is 10.1. The van der Waals surface area contributed by atoms with E-state index in [1.54, 1.807) is 6.07 Å². The second-order valence-electron chi connectivity index (χ2n) is 5.93. The molecule has 0 aromatic heterocycles. The lowest BCUT2D eigenvalue weighted by molar-refractivity contribution is 0.0444. The van der Waals surface area contributed by atoms with Gasteiger partial charge in [0.15, 0.2) is 0 Å². The van der Waals surface area contributed by atoms with E-state index < -0.39 is 5.60 Å². The van der Waals surface area contributed by atoms with Crippen molar-refractivity contribution in [2.24, 2.45) is 5.73 Å². The first-order valence-corrected chi connectivity index (χ1v) is 7.42. The number of benzene rings is 1. The number of nitrogens with two attached hydrogens (primary N) is 1. The van der Waals surface area contributed by atoms with E-state index in [0.29, 0.717) is 5.56 Å². The Morgan fingerprint density at radius 3 is 2.95 bits per heavy atom. The summed E-state index contributed by atoms with van der Waals surface area (Å²) in [6.07, 6.45) is 2.56. The topological polar surface area (TPSA) is 49.5 Å². The summed E-state index contributed by atoms with van der Waals surface area (Å²) in [6.45, 7) is 4.67. The van der Waals surface area contributed by atoms with Gasteiger partial charge in [0.25, 0.3) is 0 Å². The third-order valence-corrected chi connectivity index (χ3v) is 3.95. The van der Waals surface area contributed by atoms with E-state index in [0.717, 1.165) is 44.5 Å². The molecule has 1 atom stereocenters. The molecule has 1 aliphatic heterocycles. The molecule has 0 spiro atoms. The zero-order valence-corrected chi connectivity index (χ0v) is 12.5. The lowest BCUT2D eigenvalue weighted by Crippen LogP contribution is -2.28. The highest BCUT2D eigenvalue weighted by atomic mass is 19.1. The molecule has 0 bridgehead atoms. The summed E-state index contributed by atoms with van der Waals surface area (Å²) in [6, 6.07) is 4.72. The summed E-state index contributed by atoms with van der Waals surface area (Å²) in [7, 11) is 0. The van der Waals surface area contributed by atoms with Gasteiger partial charge < -0.3 is 10.8 Å². The third-order valence-electron chi connectivity index (χ3n) is 3.95. The Morgan fingerprint density at radius 1 is 1.38 bits per heavy atom. The van der Waals surface area contributed by atoms with Crippen LogP contribution in [0.4, 0.5) is 4.39 Å². The molecule has 2 rings (SSSR count). The van der Waals surface area contributed by atoms with Crippen LogP contribution in [0.5, 0.6) is 0 Å². The molecule has 4 heteroatoms. The van der Waals surface area contributed by atoms with Gasteiger partial charge in [-0.05, 0) is 50.4 Å². The Bertz CT molecular complexity index is 545. The van der Waals surface area contributed by atoms with Crippen LogP contribution in [0.3, 0.4) is 0 Å². The Labute approximate surface area is 125 Å². The minimum Gasteiger partial charge on any atom is -0.390 e. The van der Waals surface area contributed by atoms with Gasteiger partial charge >= 0.3 is 0 Å². The average Bonchev–Trinajstić information content (AvgIpc) is 2.60. The van der Waals surface area contributed by atoms with Gasteiger partial charge in [0.05, 0.1) is 12.1 Å². The molecular formula is C17H23FN2O. The summed E-state index contributed by atoms with van der Waals surface area (Å²) < 4.78 is 13.4. The van der Waals surface area contributed by atoms with E-state index >= 15 is 0 Å². The van der Waals surface area contributed by atoms with E-state index in [1.807, 2.05) is 6.92 Å². The maximum Gasteiger partial charge on any atom is 0.124 e. The average molecular weight is 290 g/mol. The van der Waals surface area contributed by atoms with Crippen molar-refractivity contribution in [1.29, 1.82) is 0 Å². The molecular weight excluding hydrogens is 267 g/mol. The molecule has 1 aromatic rings. The van der Waals surface area contributed by atoms with Gasteiger partial charge in [0.2, 0.25) is 0 Å². The van der Waals surface area contributed by atoms with Crippen LogP contribution in [0.15, 0.2) is 18.2 Å². The molecule has 0 saturated carbocycles. The van der Waals surface area contributed by atoms with Gasteiger partial charge in [-0.15, -0.1) is 0 Å². The molecule has 1 aromatic carbocycles. The number of rotatable bonds is 2. The normalized spacial score (nSPS) is 23.2. The summed E-state index contributed by atoms with van der Waals surface area (Å²) in [5.74, 6) is 5.45. The fourth-order valence-electron chi connectivity index (χ4n) is 2.67. The molecule has 0 radical (unpaired) electrons. The summed E-state index contributed by atoms with van der Waals surface area (Å²) >= 11 is 0. The van der Waals surface area contributed by atoms with Gasteiger partial charge in [0, 0.05) is 18.7 Å². The molecule has 3 nitrogen and oxygen atoms in total. The summed E-state index contributed by atoms with van der Waals surface area (Å²) in [4.78, 5) is 2.29. The van der Waals surface area contributed by atoms with Crippen molar-refractivity contribution in [3.05, 3.63) is 35.1 Å². The highest BCUT2D eigenvalue weighted by Gasteiger charge is 2.25. The van der Waals surface area contributed by atoms with Gasteiger partial charge in [-0.25, -0.2) is 4.39 Å². The Morgan fingerprint density at radius 2 is 2.19 bits per heavy atom. The first-order valence-electron chi connectivity index (χ1n) is 7.42. The number of hydrogen-bond donors (Lipinski definition) is 2. The zero-order chi connectivity index (χ0) is 15.3. The van der Waals surface area contributed by atoms with Gasteiger partial charge in [-0.3, -0.25) is 4.90 Å². The first kappa shape index (κ1) is 16.0. The van der Waals surface area contributed by atoms with Gasteiger partial charge in [-0.2, -0.15) is 0 Å². The smallest absolute Gasteiger partial charge is 0.124 e. The van der Waals surface area contributed by atoms with Crippen LogP contribution >= 0.6 is 0 Å². The summed E-state index contributed by atoms with van der Waals surface area (Å²) in [5.41, 5.74) is 6.54. The molecule has 21 heavy (non-hydrogen) atoms. The van der Waals surface area contributed by atoms with E-state index in [9.17, 15) is 9.50 Å². The standard InChI is InChI=1S/C17H23FN2O/c1-17(21)7-3-10-20(11-8-17)13-15-5-6-16(18)12-14(15)4-2-9-19/h5-6,12,21H,3,7-11,13,19H2,1H3. The maximum absolute atomic E-state index is 13.4.